The predicted molar refractivity (Wildman–Crippen MR) is 146 cm³/mol. The van der Waals surface area contributed by atoms with Crippen LogP contribution in [0.3, 0.4) is 0 Å². The first-order valence-electron chi connectivity index (χ1n) is 11.9. The number of fused-ring (bicyclic) bond motifs is 1. The molecule has 36 heavy (non-hydrogen) atoms. The maximum atomic E-state index is 11.8. The highest BCUT2D eigenvalue weighted by molar-refractivity contribution is 6.35. The third-order valence-electron chi connectivity index (χ3n) is 6.87. The van der Waals surface area contributed by atoms with Gasteiger partial charge in [-0.25, -0.2) is 0 Å². The number of hydrogen-bond acceptors (Lipinski definition) is 3. The summed E-state index contributed by atoms with van der Waals surface area (Å²) in [5.74, 6) is -0.0973. The minimum atomic E-state index is -0.899. The second kappa shape index (κ2) is 10.2. The average Bonchev–Trinajstić information content (AvgIpc) is 3.21. The Balaban J connectivity index is 1.73. The van der Waals surface area contributed by atoms with Crippen LogP contribution in [-0.4, -0.2) is 32.0 Å². The van der Waals surface area contributed by atoms with Gasteiger partial charge in [-0.3, -0.25) is 9.48 Å². The summed E-state index contributed by atoms with van der Waals surface area (Å²) < 4.78 is 9.72. The van der Waals surface area contributed by atoms with E-state index in [-0.39, 0.29) is 6.54 Å². The summed E-state index contributed by atoms with van der Waals surface area (Å²) >= 11 is 13.0. The molecule has 0 aliphatic rings. The number of aliphatic carboxylic acids is 1. The molecule has 0 saturated heterocycles. The predicted octanol–water partition coefficient (Wildman–Crippen LogP) is 6.99. The molecule has 0 saturated carbocycles. The maximum absolute atomic E-state index is 11.8. The first kappa shape index (κ1) is 26.1. The number of benzene rings is 2. The Bertz CT molecular complexity index is 1460. The number of aromatic nitrogens is 3. The number of carboxylic acids is 1. The van der Waals surface area contributed by atoms with Gasteiger partial charge in [0.25, 0.3) is 0 Å². The van der Waals surface area contributed by atoms with Crippen LogP contribution in [0.5, 0.6) is 5.75 Å². The molecule has 0 aliphatic carbocycles. The Kier molecular flexibility index (Phi) is 7.39. The second-order valence-electron chi connectivity index (χ2n) is 9.35. The molecule has 0 aliphatic heterocycles. The maximum Gasteiger partial charge on any atom is 0.323 e. The van der Waals surface area contributed by atoms with E-state index >= 15 is 0 Å². The highest BCUT2D eigenvalue weighted by atomic mass is 35.5. The van der Waals surface area contributed by atoms with Crippen molar-refractivity contribution in [3.8, 4) is 16.9 Å². The minimum Gasteiger partial charge on any atom is -0.494 e. The van der Waals surface area contributed by atoms with Gasteiger partial charge in [0.1, 0.15) is 12.3 Å². The van der Waals surface area contributed by atoms with Crippen molar-refractivity contribution in [3.63, 3.8) is 0 Å². The van der Waals surface area contributed by atoms with E-state index in [1.165, 1.54) is 0 Å². The van der Waals surface area contributed by atoms with Gasteiger partial charge in [0.05, 0.1) is 22.8 Å². The van der Waals surface area contributed by atoms with Gasteiger partial charge in [0, 0.05) is 40.0 Å². The molecule has 6 nitrogen and oxygen atoms in total. The molecule has 190 valence electrons. The van der Waals surface area contributed by atoms with Crippen LogP contribution >= 0.6 is 23.2 Å². The number of carboxylic acid groups (broad SMARTS) is 1. The Morgan fingerprint density at radius 1 is 1.03 bits per heavy atom. The van der Waals surface area contributed by atoms with E-state index in [2.05, 4.69) is 5.10 Å². The first-order valence-corrected chi connectivity index (χ1v) is 12.7. The van der Waals surface area contributed by atoms with Crippen molar-refractivity contribution in [3.05, 3.63) is 68.1 Å². The van der Waals surface area contributed by atoms with Gasteiger partial charge in [-0.15, -0.1) is 0 Å². The Morgan fingerprint density at radius 2 is 1.69 bits per heavy atom. The molecule has 0 atom stereocenters. The molecule has 2 aromatic heterocycles. The lowest BCUT2D eigenvalue weighted by molar-refractivity contribution is -0.137. The van der Waals surface area contributed by atoms with E-state index in [0.29, 0.717) is 11.6 Å². The van der Waals surface area contributed by atoms with Gasteiger partial charge in [0.2, 0.25) is 0 Å². The first-order chi connectivity index (χ1) is 17.0. The molecule has 0 radical (unpaired) electrons. The summed E-state index contributed by atoms with van der Waals surface area (Å²) in [5.41, 5.74) is 8.45. The lowest BCUT2D eigenvalue weighted by atomic mass is 9.98. The molecule has 0 fully saturated rings. The number of nitrogens with zero attached hydrogens (tertiary/aromatic N) is 3. The molecular weight excluding hydrogens is 497 g/mol. The largest absolute Gasteiger partial charge is 0.494 e. The SMILES string of the molecule is Cc1cc(OCCCc2c(C)n(CC(=O)O)c3c(-c4c(C)nn(C)c4C)c(Cl)ccc23)cc(C)c1Cl. The van der Waals surface area contributed by atoms with Crippen molar-refractivity contribution in [2.24, 2.45) is 7.05 Å². The number of aryl methyl sites for hydroxylation is 5. The van der Waals surface area contributed by atoms with Crippen molar-refractivity contribution < 1.29 is 14.6 Å². The van der Waals surface area contributed by atoms with Crippen LogP contribution in [0, 0.1) is 34.6 Å². The van der Waals surface area contributed by atoms with Crippen molar-refractivity contribution >= 4 is 40.1 Å². The average molecular weight is 528 g/mol. The highest BCUT2D eigenvalue weighted by Gasteiger charge is 2.24. The van der Waals surface area contributed by atoms with Crippen LogP contribution in [0.2, 0.25) is 10.0 Å². The second-order valence-corrected chi connectivity index (χ2v) is 10.1. The van der Waals surface area contributed by atoms with E-state index in [1.54, 1.807) is 0 Å². The molecular formula is C28H31Cl2N3O3. The van der Waals surface area contributed by atoms with Crippen LogP contribution in [0.25, 0.3) is 22.0 Å². The fraction of sp³-hybridized carbons (Fsp3) is 0.357. The zero-order valence-electron chi connectivity index (χ0n) is 21.5. The van der Waals surface area contributed by atoms with Crippen molar-refractivity contribution in [1.82, 2.24) is 14.3 Å². The fourth-order valence-electron chi connectivity index (χ4n) is 5.07. The number of halogens is 2. The summed E-state index contributed by atoms with van der Waals surface area (Å²) in [5, 5.41) is 16.6. The van der Waals surface area contributed by atoms with Crippen molar-refractivity contribution in [2.75, 3.05) is 6.61 Å². The fourth-order valence-corrected chi connectivity index (χ4v) is 5.42. The summed E-state index contributed by atoms with van der Waals surface area (Å²) in [4.78, 5) is 11.8. The molecule has 8 heteroatoms. The van der Waals surface area contributed by atoms with Crippen molar-refractivity contribution in [2.45, 2.75) is 54.0 Å². The summed E-state index contributed by atoms with van der Waals surface area (Å²) in [6.45, 7) is 10.3. The Hall–Kier alpha value is -2.96. The van der Waals surface area contributed by atoms with Gasteiger partial charge in [-0.1, -0.05) is 29.3 Å². The van der Waals surface area contributed by atoms with Crippen LogP contribution in [0.4, 0.5) is 0 Å². The smallest absolute Gasteiger partial charge is 0.323 e. The van der Waals surface area contributed by atoms with Crippen LogP contribution in [0.1, 0.15) is 40.2 Å². The molecule has 4 aromatic rings. The van der Waals surface area contributed by atoms with Gasteiger partial charge in [0.15, 0.2) is 0 Å². The molecule has 1 N–H and O–H groups in total. The molecule has 4 rings (SSSR count). The van der Waals surface area contributed by atoms with Crippen LogP contribution < -0.4 is 4.74 Å². The number of carbonyl (C=O) groups is 1. The standard InChI is InChI=1S/C28H31Cl2N3O3/c1-15-12-20(13-16(2)27(15)30)36-11-7-8-21-18(4)33(14-24(34)35)28-22(21)9-10-23(29)26(28)25-17(3)31-32(6)19(25)5/h9-10,12-13H,7-8,11,14H2,1-6H3,(H,34,35). The van der Waals surface area contributed by atoms with Crippen molar-refractivity contribution in [1.29, 1.82) is 0 Å². The molecule has 0 bridgehead atoms. The summed E-state index contributed by atoms with van der Waals surface area (Å²) in [6.07, 6.45) is 1.52. The van der Waals surface area contributed by atoms with Gasteiger partial charge in [-0.05, 0) is 82.3 Å². The third-order valence-corrected chi connectivity index (χ3v) is 7.78. The monoisotopic (exact) mass is 527 g/mol. The Morgan fingerprint density at radius 3 is 2.28 bits per heavy atom. The minimum absolute atomic E-state index is 0.145. The highest BCUT2D eigenvalue weighted by Crippen LogP contribution is 2.41. The molecule has 2 aromatic carbocycles. The van der Waals surface area contributed by atoms with E-state index in [1.807, 2.05) is 75.2 Å². The van der Waals surface area contributed by atoms with Gasteiger partial charge >= 0.3 is 5.97 Å². The number of ether oxygens (including phenoxy) is 1. The van der Waals surface area contributed by atoms with E-state index in [0.717, 1.165) is 79.4 Å². The molecule has 2 heterocycles. The zero-order valence-corrected chi connectivity index (χ0v) is 23.0. The van der Waals surface area contributed by atoms with E-state index in [4.69, 9.17) is 27.9 Å². The molecule has 0 amide bonds. The lowest BCUT2D eigenvalue weighted by Gasteiger charge is -2.12. The molecule has 0 unspecified atom stereocenters. The summed E-state index contributed by atoms with van der Waals surface area (Å²) in [6, 6.07) is 7.79. The quantitative estimate of drug-likeness (QED) is 0.251. The Labute approximate surface area is 221 Å². The van der Waals surface area contributed by atoms with Gasteiger partial charge < -0.3 is 14.4 Å². The van der Waals surface area contributed by atoms with Crippen LogP contribution in [0.15, 0.2) is 24.3 Å². The number of rotatable bonds is 8. The zero-order chi connectivity index (χ0) is 26.3. The topological polar surface area (TPSA) is 69.3 Å². The normalized spacial score (nSPS) is 11.4. The van der Waals surface area contributed by atoms with E-state index < -0.39 is 5.97 Å². The lowest BCUT2D eigenvalue weighted by Crippen LogP contribution is -2.11. The van der Waals surface area contributed by atoms with Gasteiger partial charge in [-0.2, -0.15) is 5.10 Å². The van der Waals surface area contributed by atoms with E-state index in [9.17, 15) is 9.90 Å². The number of hydrogen-bond donors (Lipinski definition) is 1. The summed E-state index contributed by atoms with van der Waals surface area (Å²) in [7, 11) is 1.90. The third kappa shape index (κ3) is 4.72. The van der Waals surface area contributed by atoms with Crippen LogP contribution in [-0.2, 0) is 24.8 Å². The molecule has 0 spiro atoms.